The molecule has 0 amide bonds. The van der Waals surface area contributed by atoms with Crippen LogP contribution in [-0.4, -0.2) is 30.4 Å². The number of thiazole rings is 1. The van der Waals surface area contributed by atoms with Crippen LogP contribution in [0.25, 0.3) is 22.2 Å². The Balaban J connectivity index is 1.99. The van der Waals surface area contributed by atoms with Crippen LogP contribution in [0.15, 0.2) is 45.3 Å². The number of aliphatic hydroxyl groups excluding tert-OH is 1. The molecule has 7 nitrogen and oxygen atoms in total. The first kappa shape index (κ1) is 19.3. The second-order valence-corrected chi connectivity index (χ2v) is 8.81. The molecule has 30 heavy (non-hydrogen) atoms. The Bertz CT molecular complexity index is 1400. The summed E-state index contributed by atoms with van der Waals surface area (Å²) >= 11 is 7.54. The lowest BCUT2D eigenvalue weighted by atomic mass is 10.00. The predicted octanol–water partition coefficient (Wildman–Crippen LogP) is 2.88. The normalized spacial score (nSPS) is 18.3. The standard InChI is InChI=1S/C21H19ClN4O3S/c1-24-18-15(20(28)25(2)21(24)29)16(11-6-4-3-5-7-11)26-12(9-27)8-13(17(18)26)19-23-14(22)10-30-19/h3-7,10,12-13,27H,8-9H2,1-2H3/t12-,13-/m1/s1. The van der Waals surface area contributed by atoms with Gasteiger partial charge < -0.3 is 9.67 Å². The summed E-state index contributed by atoms with van der Waals surface area (Å²) in [5.74, 6) is -0.169. The number of hydrogen-bond donors (Lipinski definition) is 1. The van der Waals surface area contributed by atoms with Crippen molar-refractivity contribution in [1.29, 1.82) is 0 Å². The van der Waals surface area contributed by atoms with Gasteiger partial charge in [0.1, 0.15) is 10.2 Å². The fourth-order valence-electron chi connectivity index (χ4n) is 4.59. The van der Waals surface area contributed by atoms with Crippen molar-refractivity contribution in [3.63, 3.8) is 0 Å². The van der Waals surface area contributed by atoms with Gasteiger partial charge in [-0.2, -0.15) is 0 Å². The molecular formula is C21H19ClN4O3S. The second kappa shape index (κ2) is 6.94. The zero-order valence-corrected chi connectivity index (χ0v) is 17.9. The first-order chi connectivity index (χ1) is 14.4. The topological polar surface area (TPSA) is 82.0 Å². The monoisotopic (exact) mass is 442 g/mol. The number of nitrogens with zero attached hydrogens (tertiary/aromatic N) is 4. The maximum absolute atomic E-state index is 13.3. The summed E-state index contributed by atoms with van der Waals surface area (Å²) < 4.78 is 4.69. The zero-order valence-electron chi connectivity index (χ0n) is 16.4. The molecule has 1 aromatic carbocycles. The lowest BCUT2D eigenvalue weighted by molar-refractivity contribution is 0.232. The Labute approximate surface area is 180 Å². The van der Waals surface area contributed by atoms with E-state index >= 15 is 0 Å². The minimum absolute atomic E-state index is 0.0856. The van der Waals surface area contributed by atoms with E-state index in [-0.39, 0.29) is 29.8 Å². The van der Waals surface area contributed by atoms with Crippen molar-refractivity contribution in [3.05, 3.63) is 72.4 Å². The van der Waals surface area contributed by atoms with E-state index in [4.69, 9.17) is 11.6 Å². The number of fused-ring (bicyclic) bond motifs is 3. The van der Waals surface area contributed by atoms with Crippen LogP contribution in [0.2, 0.25) is 5.15 Å². The quantitative estimate of drug-likeness (QED) is 0.529. The molecule has 4 aromatic rings. The minimum Gasteiger partial charge on any atom is -0.394 e. The lowest BCUT2D eigenvalue weighted by Gasteiger charge is -2.15. The maximum atomic E-state index is 13.3. The summed E-state index contributed by atoms with van der Waals surface area (Å²) in [5, 5.41) is 13.7. The van der Waals surface area contributed by atoms with Crippen molar-refractivity contribution in [2.45, 2.75) is 18.4 Å². The van der Waals surface area contributed by atoms with Gasteiger partial charge in [-0.05, 0) is 12.0 Å². The molecule has 9 heteroatoms. The first-order valence-corrected chi connectivity index (χ1v) is 10.8. The minimum atomic E-state index is -0.385. The number of aryl methyl sites for hydroxylation is 1. The van der Waals surface area contributed by atoms with Crippen molar-refractivity contribution < 1.29 is 5.11 Å². The van der Waals surface area contributed by atoms with Crippen LogP contribution < -0.4 is 11.2 Å². The van der Waals surface area contributed by atoms with Gasteiger partial charge in [-0.1, -0.05) is 41.9 Å². The van der Waals surface area contributed by atoms with Gasteiger partial charge in [-0.3, -0.25) is 13.9 Å². The third kappa shape index (κ3) is 2.57. The second-order valence-electron chi connectivity index (χ2n) is 7.53. The fourth-order valence-corrected chi connectivity index (χ4v) is 5.66. The summed E-state index contributed by atoms with van der Waals surface area (Å²) in [6.07, 6.45) is 0.620. The Kier molecular flexibility index (Phi) is 4.46. The maximum Gasteiger partial charge on any atom is 0.331 e. The number of hydrogen-bond acceptors (Lipinski definition) is 5. The zero-order chi connectivity index (χ0) is 21.2. The van der Waals surface area contributed by atoms with E-state index in [9.17, 15) is 14.7 Å². The summed E-state index contributed by atoms with van der Waals surface area (Å²) in [4.78, 5) is 30.5. The van der Waals surface area contributed by atoms with E-state index in [1.807, 2.05) is 34.9 Å². The number of halogens is 1. The average molecular weight is 443 g/mol. The van der Waals surface area contributed by atoms with E-state index in [0.29, 0.717) is 22.5 Å². The van der Waals surface area contributed by atoms with Crippen molar-refractivity contribution in [2.24, 2.45) is 14.1 Å². The molecule has 5 rings (SSSR count). The Morgan fingerprint density at radius 1 is 1.20 bits per heavy atom. The molecule has 0 fully saturated rings. The van der Waals surface area contributed by atoms with Crippen LogP contribution in [0.3, 0.4) is 0 Å². The van der Waals surface area contributed by atoms with Crippen LogP contribution in [0.4, 0.5) is 0 Å². The number of rotatable bonds is 3. The summed E-state index contributed by atoms with van der Waals surface area (Å²) in [6, 6.07) is 9.37. The van der Waals surface area contributed by atoms with Crippen molar-refractivity contribution in [1.82, 2.24) is 18.7 Å². The van der Waals surface area contributed by atoms with E-state index in [1.54, 1.807) is 12.4 Å². The highest BCUT2D eigenvalue weighted by molar-refractivity contribution is 7.10. The molecule has 2 atom stereocenters. The van der Waals surface area contributed by atoms with Gasteiger partial charge in [0.05, 0.1) is 40.9 Å². The molecule has 0 radical (unpaired) electrons. The molecule has 154 valence electrons. The molecule has 3 aromatic heterocycles. The van der Waals surface area contributed by atoms with Crippen molar-refractivity contribution in [2.75, 3.05) is 6.61 Å². The van der Waals surface area contributed by atoms with E-state index in [0.717, 1.165) is 26.5 Å². The molecular weight excluding hydrogens is 424 g/mol. The van der Waals surface area contributed by atoms with E-state index in [1.165, 1.54) is 23.0 Å². The van der Waals surface area contributed by atoms with Gasteiger partial charge in [0, 0.05) is 19.5 Å². The molecule has 0 aliphatic carbocycles. The van der Waals surface area contributed by atoms with E-state index < -0.39 is 0 Å². The molecule has 4 heterocycles. The molecule has 1 aliphatic rings. The van der Waals surface area contributed by atoms with Gasteiger partial charge in [0.25, 0.3) is 5.56 Å². The highest BCUT2D eigenvalue weighted by Gasteiger charge is 2.40. The molecule has 0 spiro atoms. The van der Waals surface area contributed by atoms with Gasteiger partial charge >= 0.3 is 5.69 Å². The third-order valence-corrected chi connectivity index (χ3v) is 7.18. The molecule has 0 saturated carbocycles. The first-order valence-electron chi connectivity index (χ1n) is 9.55. The van der Waals surface area contributed by atoms with Crippen LogP contribution >= 0.6 is 22.9 Å². The molecule has 0 unspecified atom stereocenters. The van der Waals surface area contributed by atoms with Crippen LogP contribution in [0.1, 0.15) is 29.1 Å². The van der Waals surface area contributed by atoms with Crippen LogP contribution in [-0.2, 0) is 14.1 Å². The van der Waals surface area contributed by atoms with E-state index in [2.05, 4.69) is 4.98 Å². The number of aliphatic hydroxyl groups is 1. The molecule has 1 N–H and O–H groups in total. The van der Waals surface area contributed by atoms with Crippen molar-refractivity contribution in [3.8, 4) is 11.3 Å². The smallest absolute Gasteiger partial charge is 0.331 e. The van der Waals surface area contributed by atoms with Gasteiger partial charge in [0.2, 0.25) is 0 Å². The third-order valence-electron chi connectivity index (χ3n) is 5.90. The Hall–Kier alpha value is -2.68. The average Bonchev–Trinajstić information content (AvgIpc) is 3.44. The fraction of sp³-hybridized carbons (Fsp3) is 0.286. The highest BCUT2D eigenvalue weighted by atomic mass is 35.5. The number of benzene rings is 1. The lowest BCUT2D eigenvalue weighted by Crippen LogP contribution is -2.37. The van der Waals surface area contributed by atoms with Gasteiger partial charge in [-0.15, -0.1) is 11.3 Å². The Morgan fingerprint density at radius 2 is 1.93 bits per heavy atom. The Morgan fingerprint density at radius 3 is 2.57 bits per heavy atom. The van der Waals surface area contributed by atoms with Crippen molar-refractivity contribution >= 4 is 33.8 Å². The SMILES string of the molecule is Cn1c(=O)c2c(-c3ccccc3)n3c(c2n(C)c1=O)[C@H](c1nc(Cl)cs1)C[C@@H]3CO. The highest BCUT2D eigenvalue weighted by Crippen LogP contribution is 2.49. The number of aromatic nitrogens is 4. The van der Waals surface area contributed by atoms with Gasteiger partial charge in [0.15, 0.2) is 0 Å². The molecule has 1 aliphatic heterocycles. The van der Waals surface area contributed by atoms with Crippen LogP contribution in [0.5, 0.6) is 0 Å². The predicted molar refractivity (Wildman–Crippen MR) is 118 cm³/mol. The summed E-state index contributed by atoms with van der Waals surface area (Å²) in [6.45, 7) is -0.0856. The molecule has 0 saturated heterocycles. The largest absolute Gasteiger partial charge is 0.394 e. The summed E-state index contributed by atoms with van der Waals surface area (Å²) in [5.41, 5.74) is 2.27. The molecule has 0 bridgehead atoms. The summed E-state index contributed by atoms with van der Waals surface area (Å²) in [7, 11) is 3.17. The van der Waals surface area contributed by atoms with Gasteiger partial charge in [-0.25, -0.2) is 9.78 Å². The van der Waals surface area contributed by atoms with Crippen LogP contribution in [0, 0.1) is 0 Å².